The summed E-state index contributed by atoms with van der Waals surface area (Å²) < 4.78 is 25.1. The van der Waals surface area contributed by atoms with E-state index in [4.69, 9.17) is 9.47 Å². The second kappa shape index (κ2) is 14.0. The van der Waals surface area contributed by atoms with E-state index in [1.54, 1.807) is 0 Å². The summed E-state index contributed by atoms with van der Waals surface area (Å²) in [5.41, 5.74) is 1.66. The summed E-state index contributed by atoms with van der Waals surface area (Å²) in [7, 11) is 4.02. The molecule has 8 heteroatoms. The molecular formula is C27H28B2O6. The van der Waals surface area contributed by atoms with E-state index in [0.29, 0.717) is 0 Å². The minimum Gasteiger partial charge on any atom is -0.458 e. The van der Waals surface area contributed by atoms with Gasteiger partial charge in [-0.05, 0) is 47.3 Å². The summed E-state index contributed by atoms with van der Waals surface area (Å²) in [4.78, 5) is 0. The fourth-order valence-corrected chi connectivity index (χ4v) is 3.29. The minimum absolute atomic E-state index is 0.514. The molecule has 1 aliphatic rings. The fourth-order valence-electron chi connectivity index (χ4n) is 3.29. The molecule has 5 rings (SSSR count). The molecule has 4 aromatic rings. The quantitative estimate of drug-likeness (QED) is 0.440. The zero-order valence-corrected chi connectivity index (χ0v) is 20.0. The average Bonchev–Trinajstić information content (AvgIpc) is 2.92. The van der Waals surface area contributed by atoms with Crippen LogP contribution < -0.4 is 20.4 Å². The van der Waals surface area contributed by atoms with Crippen LogP contribution in [0.1, 0.15) is 0 Å². The van der Waals surface area contributed by atoms with Crippen LogP contribution in [0.15, 0.2) is 109 Å². The average molecular weight is 470 g/mol. The lowest BCUT2D eigenvalue weighted by Crippen LogP contribution is -2.46. The first kappa shape index (κ1) is 26.1. The molecule has 0 radical (unpaired) electrons. The van der Waals surface area contributed by atoms with Crippen LogP contribution in [0.4, 0.5) is 0 Å². The summed E-state index contributed by atoms with van der Waals surface area (Å²) in [6, 6.07) is 34.6. The molecule has 4 aromatic carbocycles. The number of ether oxygens (including phenoxy) is 2. The monoisotopic (exact) mass is 470 g/mol. The van der Waals surface area contributed by atoms with Gasteiger partial charge < -0.3 is 28.5 Å². The topological polar surface area (TPSA) is 66.4 Å². The Morgan fingerprint density at radius 2 is 0.943 bits per heavy atom. The Hall–Kier alpha value is -3.55. The Kier molecular flexibility index (Phi) is 10.4. The normalized spacial score (nSPS) is 10.8. The maximum atomic E-state index is 10.1. The third kappa shape index (κ3) is 7.73. The second-order valence-electron chi connectivity index (χ2n) is 7.30. The van der Waals surface area contributed by atoms with Crippen molar-refractivity contribution in [3.8, 4) is 23.0 Å². The van der Waals surface area contributed by atoms with Gasteiger partial charge in [-0.2, -0.15) is 0 Å². The first-order chi connectivity index (χ1) is 17.2. The van der Waals surface area contributed by atoms with E-state index in [1.165, 1.54) is 21.3 Å². The lowest BCUT2D eigenvalue weighted by Gasteiger charge is -2.21. The number of para-hydroxylation sites is 4. The predicted molar refractivity (Wildman–Crippen MR) is 140 cm³/mol. The Bertz CT molecular complexity index is 1050. The van der Waals surface area contributed by atoms with Crippen LogP contribution in [0.3, 0.4) is 0 Å². The molecule has 1 N–H and O–H groups in total. The van der Waals surface area contributed by atoms with Gasteiger partial charge in [0.1, 0.15) is 23.0 Å². The highest BCUT2D eigenvalue weighted by Crippen LogP contribution is 2.22. The Balaban J connectivity index is 0.000000157. The minimum atomic E-state index is -0.578. The van der Waals surface area contributed by atoms with Crippen LogP contribution in [-0.2, 0) is 14.0 Å². The van der Waals surface area contributed by atoms with Gasteiger partial charge in [0.15, 0.2) is 0 Å². The van der Waals surface area contributed by atoms with Crippen molar-refractivity contribution in [2.45, 2.75) is 0 Å². The largest absolute Gasteiger partial charge is 0.638 e. The lowest BCUT2D eigenvalue weighted by molar-refractivity contribution is 0.163. The van der Waals surface area contributed by atoms with E-state index in [2.05, 4.69) is 14.0 Å². The highest BCUT2D eigenvalue weighted by Gasteiger charge is 2.28. The van der Waals surface area contributed by atoms with Gasteiger partial charge in [0.25, 0.3) is 0 Å². The molecule has 0 saturated heterocycles. The van der Waals surface area contributed by atoms with E-state index in [0.717, 1.165) is 33.9 Å². The lowest BCUT2D eigenvalue weighted by atomic mass is 9.54. The molecule has 0 amide bonds. The summed E-state index contributed by atoms with van der Waals surface area (Å²) in [6.07, 6.45) is 0. The maximum Gasteiger partial charge on any atom is 0.638 e. The van der Waals surface area contributed by atoms with Crippen molar-refractivity contribution < 1.29 is 28.5 Å². The third-order valence-electron chi connectivity index (χ3n) is 4.95. The molecule has 0 fully saturated rings. The smallest absolute Gasteiger partial charge is 0.458 e. The van der Waals surface area contributed by atoms with Crippen LogP contribution in [0.5, 0.6) is 23.0 Å². The molecule has 0 aromatic heterocycles. The zero-order valence-electron chi connectivity index (χ0n) is 20.0. The number of hydrogen-bond donors (Lipinski definition) is 1. The Morgan fingerprint density at radius 3 is 1.31 bits per heavy atom. The second-order valence-corrected chi connectivity index (χ2v) is 7.30. The van der Waals surface area contributed by atoms with Crippen molar-refractivity contribution in [1.82, 2.24) is 0 Å². The summed E-state index contributed by atoms with van der Waals surface area (Å²) >= 11 is 0. The van der Waals surface area contributed by atoms with E-state index in [1.807, 2.05) is 109 Å². The number of benzene rings is 4. The van der Waals surface area contributed by atoms with Crippen molar-refractivity contribution in [2.75, 3.05) is 21.3 Å². The molecule has 0 saturated carbocycles. The van der Waals surface area contributed by atoms with Crippen LogP contribution in [0.2, 0.25) is 0 Å². The molecular weight excluding hydrogens is 442 g/mol. The molecule has 0 unspecified atom stereocenters. The van der Waals surface area contributed by atoms with Crippen molar-refractivity contribution in [3.63, 3.8) is 0 Å². The van der Waals surface area contributed by atoms with E-state index in [9.17, 15) is 5.02 Å². The summed E-state index contributed by atoms with van der Waals surface area (Å²) in [6.45, 7) is -0.578. The fraction of sp³-hybridized carbons (Fsp3) is 0.111. The van der Waals surface area contributed by atoms with Crippen molar-refractivity contribution in [2.24, 2.45) is 0 Å². The van der Waals surface area contributed by atoms with Gasteiger partial charge in [-0.15, -0.1) is 0 Å². The SMILES string of the molecule is COB(OC)OC.OB1c2ccccc2Oc2ccccc21.c1ccc(Oc2ccccc2)cc1. The van der Waals surface area contributed by atoms with Gasteiger partial charge in [-0.1, -0.05) is 72.8 Å². The van der Waals surface area contributed by atoms with Crippen LogP contribution in [-0.4, -0.2) is 40.6 Å². The molecule has 1 heterocycles. The van der Waals surface area contributed by atoms with Crippen LogP contribution in [0, 0.1) is 0 Å². The van der Waals surface area contributed by atoms with E-state index >= 15 is 0 Å². The summed E-state index contributed by atoms with van der Waals surface area (Å²) in [5, 5.41) is 10.1. The molecule has 6 nitrogen and oxygen atoms in total. The van der Waals surface area contributed by atoms with Gasteiger partial charge in [0.2, 0.25) is 0 Å². The van der Waals surface area contributed by atoms with E-state index < -0.39 is 14.2 Å². The van der Waals surface area contributed by atoms with Crippen molar-refractivity contribution >= 4 is 25.2 Å². The van der Waals surface area contributed by atoms with Crippen LogP contribution >= 0.6 is 0 Å². The summed E-state index contributed by atoms with van der Waals surface area (Å²) in [5.74, 6) is 3.22. The molecule has 35 heavy (non-hydrogen) atoms. The molecule has 0 atom stereocenters. The van der Waals surface area contributed by atoms with Gasteiger partial charge in [0, 0.05) is 21.3 Å². The molecule has 0 spiro atoms. The molecule has 1 aliphatic heterocycles. The number of rotatable bonds is 5. The van der Waals surface area contributed by atoms with E-state index in [-0.39, 0.29) is 0 Å². The molecule has 178 valence electrons. The van der Waals surface area contributed by atoms with Gasteiger partial charge in [-0.25, -0.2) is 0 Å². The standard InChI is InChI=1S/C12H9BO2.C12H10O.C3H9BO3/c14-13-9-5-1-3-7-11(9)15-12-8-4-2-6-10(12)13;1-3-7-11(8-4-1)13-12-9-5-2-6-10-12;1-5-4(6-2)7-3/h1-8,14H;1-10H;1-3H3. The van der Waals surface area contributed by atoms with Crippen molar-refractivity contribution in [3.05, 3.63) is 109 Å². The third-order valence-corrected chi connectivity index (χ3v) is 4.95. The zero-order chi connectivity index (χ0) is 24.9. The highest BCUT2D eigenvalue weighted by molar-refractivity contribution is 6.80. The van der Waals surface area contributed by atoms with Gasteiger partial charge >= 0.3 is 14.2 Å². The number of hydrogen-bond acceptors (Lipinski definition) is 6. The Labute approximate surface area is 207 Å². The Morgan fingerprint density at radius 1 is 0.571 bits per heavy atom. The number of fused-ring (bicyclic) bond motifs is 2. The van der Waals surface area contributed by atoms with Crippen LogP contribution in [0.25, 0.3) is 0 Å². The molecule has 0 aliphatic carbocycles. The maximum absolute atomic E-state index is 10.1. The molecule has 0 bridgehead atoms. The van der Waals surface area contributed by atoms with Gasteiger partial charge in [0.05, 0.1) is 0 Å². The predicted octanol–water partition coefficient (Wildman–Crippen LogP) is 4.28. The first-order valence-corrected chi connectivity index (χ1v) is 11.1. The van der Waals surface area contributed by atoms with Gasteiger partial charge in [-0.3, -0.25) is 0 Å². The first-order valence-electron chi connectivity index (χ1n) is 11.1. The highest BCUT2D eigenvalue weighted by atomic mass is 16.7. The van der Waals surface area contributed by atoms with Crippen molar-refractivity contribution in [1.29, 1.82) is 0 Å².